The quantitative estimate of drug-likeness (QED) is 0.474. The molecule has 0 unspecified atom stereocenters. The van der Waals surface area contributed by atoms with Gasteiger partial charge in [0.15, 0.2) is 5.17 Å². The van der Waals surface area contributed by atoms with Crippen molar-refractivity contribution < 1.29 is 4.79 Å². The number of hydrogen-bond donors (Lipinski definition) is 2. The fraction of sp³-hybridized carbons (Fsp3) is 0.583. The first-order valence-corrected chi connectivity index (χ1v) is 12.5. The maximum Gasteiger partial charge on any atom is 0.219 e. The van der Waals surface area contributed by atoms with Crippen LogP contribution in [0.1, 0.15) is 52.9 Å². The van der Waals surface area contributed by atoms with Crippen molar-refractivity contribution in [1.82, 2.24) is 4.90 Å². The molecule has 1 saturated heterocycles. The van der Waals surface area contributed by atoms with Crippen molar-refractivity contribution >= 4 is 34.2 Å². The summed E-state index contributed by atoms with van der Waals surface area (Å²) in [6, 6.07) is 8.44. The number of amides is 1. The Morgan fingerprint density at radius 1 is 1.13 bits per heavy atom. The fourth-order valence-corrected chi connectivity index (χ4v) is 4.99. The Kier molecular flexibility index (Phi) is 8.69. The molecule has 0 aromatic heterocycles. The number of aliphatic imine (C=N–C) groups is 1. The van der Waals surface area contributed by atoms with E-state index in [-0.39, 0.29) is 5.91 Å². The van der Waals surface area contributed by atoms with Gasteiger partial charge in [-0.3, -0.25) is 4.79 Å². The maximum atomic E-state index is 11.5. The smallest absolute Gasteiger partial charge is 0.219 e. The lowest BCUT2D eigenvalue weighted by atomic mass is 10.1. The number of carbonyl (C=O) groups is 1. The summed E-state index contributed by atoms with van der Waals surface area (Å²) in [5, 5.41) is 4.11. The Hall–Kier alpha value is -2.15. The number of nitrogens with zero attached hydrogens (tertiary/aromatic N) is 3. The fourth-order valence-electron chi connectivity index (χ4n) is 4.09. The van der Waals surface area contributed by atoms with Gasteiger partial charge >= 0.3 is 0 Å². The Bertz CT molecular complexity index is 791. The van der Waals surface area contributed by atoms with Gasteiger partial charge in [0.2, 0.25) is 5.91 Å². The maximum absolute atomic E-state index is 11.5. The standard InChI is InChI=1S/C24H37N5OS/c1-4-18(2)23(27-24(25)31-17-20-7-5-6-8-20)26-21-9-11-22(12-10-21)29-15-13-28(14-16-29)19(3)30/h9-12,20,26H,4-8,13-17H2,1-3H3,(H2,25,27)/b23-18-. The summed E-state index contributed by atoms with van der Waals surface area (Å²) in [6.07, 6.45) is 6.28. The molecule has 1 amide bonds. The van der Waals surface area contributed by atoms with Crippen molar-refractivity contribution in [3.05, 3.63) is 35.7 Å². The molecule has 2 aliphatic rings. The van der Waals surface area contributed by atoms with Gasteiger partial charge in [0, 0.05) is 50.2 Å². The highest BCUT2D eigenvalue weighted by molar-refractivity contribution is 8.13. The summed E-state index contributed by atoms with van der Waals surface area (Å²) in [5.74, 6) is 2.86. The molecule has 1 aliphatic heterocycles. The average molecular weight is 444 g/mol. The second kappa shape index (κ2) is 11.5. The number of nitrogens with one attached hydrogen (secondary N) is 1. The summed E-state index contributed by atoms with van der Waals surface area (Å²) in [6.45, 7) is 9.18. The minimum Gasteiger partial charge on any atom is -0.378 e. The van der Waals surface area contributed by atoms with Crippen LogP contribution in [0.5, 0.6) is 0 Å². The van der Waals surface area contributed by atoms with E-state index in [4.69, 9.17) is 10.7 Å². The highest BCUT2D eigenvalue weighted by atomic mass is 32.2. The van der Waals surface area contributed by atoms with Gasteiger partial charge < -0.3 is 20.9 Å². The van der Waals surface area contributed by atoms with Gasteiger partial charge in [-0.05, 0) is 61.9 Å². The van der Waals surface area contributed by atoms with E-state index in [9.17, 15) is 4.79 Å². The molecule has 0 atom stereocenters. The van der Waals surface area contributed by atoms with Crippen LogP contribution in [-0.2, 0) is 4.79 Å². The predicted octanol–water partition coefficient (Wildman–Crippen LogP) is 4.65. The number of carbonyl (C=O) groups excluding carboxylic acids is 1. The third-order valence-corrected chi connectivity index (χ3v) is 7.34. The van der Waals surface area contributed by atoms with Gasteiger partial charge in [-0.15, -0.1) is 0 Å². The Balaban J connectivity index is 1.60. The van der Waals surface area contributed by atoms with Crippen LogP contribution in [0.2, 0.25) is 0 Å². The first-order valence-electron chi connectivity index (χ1n) is 11.5. The number of hydrogen-bond acceptors (Lipinski definition) is 5. The molecule has 170 valence electrons. The van der Waals surface area contributed by atoms with Crippen molar-refractivity contribution in [2.24, 2.45) is 16.6 Å². The lowest BCUT2D eigenvalue weighted by Gasteiger charge is -2.35. The number of piperazine rings is 1. The zero-order valence-electron chi connectivity index (χ0n) is 19.2. The largest absolute Gasteiger partial charge is 0.378 e. The molecular weight excluding hydrogens is 406 g/mol. The summed E-state index contributed by atoms with van der Waals surface area (Å²) in [4.78, 5) is 20.5. The third-order valence-electron chi connectivity index (χ3n) is 6.32. The van der Waals surface area contributed by atoms with Gasteiger partial charge in [0.05, 0.1) is 0 Å². The monoisotopic (exact) mass is 443 g/mol. The summed E-state index contributed by atoms with van der Waals surface area (Å²) < 4.78 is 0. The molecular formula is C24H37N5OS. The van der Waals surface area contributed by atoms with Gasteiger partial charge in [-0.25, -0.2) is 4.99 Å². The second-order valence-corrected chi connectivity index (χ2v) is 9.60. The van der Waals surface area contributed by atoms with E-state index in [0.29, 0.717) is 5.17 Å². The van der Waals surface area contributed by atoms with Gasteiger partial charge in [0.25, 0.3) is 0 Å². The predicted molar refractivity (Wildman–Crippen MR) is 134 cm³/mol. The Labute approximate surface area is 191 Å². The van der Waals surface area contributed by atoms with E-state index in [1.54, 1.807) is 18.7 Å². The van der Waals surface area contributed by atoms with Gasteiger partial charge in [-0.1, -0.05) is 31.5 Å². The first-order chi connectivity index (χ1) is 15.0. The highest BCUT2D eigenvalue weighted by Gasteiger charge is 2.19. The lowest BCUT2D eigenvalue weighted by Crippen LogP contribution is -2.48. The van der Waals surface area contributed by atoms with Crippen molar-refractivity contribution in [2.75, 3.05) is 42.1 Å². The summed E-state index contributed by atoms with van der Waals surface area (Å²) >= 11 is 1.68. The molecule has 0 bridgehead atoms. The van der Waals surface area contributed by atoms with Crippen LogP contribution in [0.3, 0.4) is 0 Å². The Morgan fingerprint density at radius 2 is 1.77 bits per heavy atom. The first kappa shape index (κ1) is 23.5. The van der Waals surface area contributed by atoms with Gasteiger partial charge in [-0.2, -0.15) is 0 Å². The molecule has 3 N–H and O–H groups in total. The topological polar surface area (TPSA) is 74.0 Å². The van der Waals surface area contributed by atoms with E-state index >= 15 is 0 Å². The van der Waals surface area contributed by atoms with Crippen molar-refractivity contribution in [1.29, 1.82) is 0 Å². The van der Waals surface area contributed by atoms with E-state index in [0.717, 1.165) is 55.8 Å². The van der Waals surface area contributed by atoms with Crippen LogP contribution in [0, 0.1) is 5.92 Å². The number of thioether (sulfide) groups is 1. The number of amidine groups is 1. The molecule has 0 spiro atoms. The van der Waals surface area contributed by atoms with Crippen LogP contribution in [-0.4, -0.2) is 47.9 Å². The van der Waals surface area contributed by atoms with Crippen LogP contribution < -0.4 is 16.0 Å². The highest BCUT2D eigenvalue weighted by Crippen LogP contribution is 2.28. The van der Waals surface area contributed by atoms with Crippen LogP contribution in [0.15, 0.2) is 40.7 Å². The second-order valence-electron chi connectivity index (χ2n) is 8.56. The van der Waals surface area contributed by atoms with Crippen LogP contribution in [0.4, 0.5) is 11.4 Å². The molecule has 3 rings (SSSR count). The molecule has 31 heavy (non-hydrogen) atoms. The zero-order valence-corrected chi connectivity index (χ0v) is 20.0. The van der Waals surface area contributed by atoms with E-state index < -0.39 is 0 Å². The molecule has 1 heterocycles. The van der Waals surface area contributed by atoms with E-state index in [1.807, 2.05) is 4.90 Å². The van der Waals surface area contributed by atoms with Crippen molar-refractivity contribution in [3.8, 4) is 0 Å². The number of anilines is 2. The van der Waals surface area contributed by atoms with E-state index in [2.05, 4.69) is 48.3 Å². The number of rotatable bonds is 7. The molecule has 0 radical (unpaired) electrons. The molecule has 1 aromatic carbocycles. The average Bonchev–Trinajstić information content (AvgIpc) is 3.31. The van der Waals surface area contributed by atoms with Gasteiger partial charge in [0.1, 0.15) is 5.82 Å². The normalized spacial score (nSPS) is 18.9. The molecule has 7 heteroatoms. The van der Waals surface area contributed by atoms with Crippen molar-refractivity contribution in [2.45, 2.75) is 52.9 Å². The molecule has 1 saturated carbocycles. The SMILES string of the molecule is CC/C(C)=C(\N=C(/N)SCC1CCCC1)Nc1ccc(N2CCN(C(C)=O)CC2)cc1. The third kappa shape index (κ3) is 6.92. The van der Waals surface area contributed by atoms with Crippen LogP contribution in [0.25, 0.3) is 0 Å². The number of nitrogens with two attached hydrogens (primary N) is 1. The Morgan fingerprint density at radius 3 is 2.35 bits per heavy atom. The zero-order chi connectivity index (χ0) is 22.2. The molecule has 2 fully saturated rings. The molecule has 1 aromatic rings. The van der Waals surface area contributed by atoms with Crippen LogP contribution >= 0.6 is 11.8 Å². The van der Waals surface area contributed by atoms with Crippen molar-refractivity contribution in [3.63, 3.8) is 0 Å². The lowest BCUT2D eigenvalue weighted by molar-refractivity contribution is -0.129. The minimum atomic E-state index is 0.158. The minimum absolute atomic E-state index is 0.158. The summed E-state index contributed by atoms with van der Waals surface area (Å²) in [7, 11) is 0. The number of benzene rings is 1. The molecule has 6 nitrogen and oxygen atoms in total. The summed E-state index contributed by atoms with van der Waals surface area (Å²) in [5.41, 5.74) is 9.63. The number of allylic oxidation sites excluding steroid dienone is 1. The molecule has 1 aliphatic carbocycles. The van der Waals surface area contributed by atoms with E-state index in [1.165, 1.54) is 36.9 Å².